The van der Waals surface area contributed by atoms with Crippen molar-refractivity contribution in [1.82, 2.24) is 5.32 Å². The van der Waals surface area contributed by atoms with Crippen molar-refractivity contribution in [3.05, 3.63) is 69.7 Å². The van der Waals surface area contributed by atoms with Gasteiger partial charge in [-0.3, -0.25) is 9.59 Å². The minimum absolute atomic E-state index is 0.0420. The molecule has 2 aromatic rings. The summed E-state index contributed by atoms with van der Waals surface area (Å²) in [6.45, 7) is 1.97. The van der Waals surface area contributed by atoms with E-state index in [0.29, 0.717) is 5.75 Å². The lowest BCUT2D eigenvalue weighted by Crippen LogP contribution is -2.29. The molecule has 0 saturated heterocycles. The minimum atomic E-state index is -0.494. The molecule has 0 heterocycles. The molecule has 6 heteroatoms. The van der Waals surface area contributed by atoms with Crippen LogP contribution in [-0.2, 0) is 14.3 Å². The third kappa shape index (κ3) is 6.25. The smallest absolute Gasteiger partial charge is 0.307 e. The van der Waals surface area contributed by atoms with Crippen molar-refractivity contribution in [2.24, 2.45) is 0 Å². The molecule has 5 nitrogen and oxygen atoms in total. The molecule has 2 aromatic carbocycles. The lowest BCUT2D eigenvalue weighted by atomic mass is 10.0. The van der Waals surface area contributed by atoms with Crippen molar-refractivity contribution in [2.45, 2.75) is 19.4 Å². The number of ether oxygens (including phenoxy) is 2. The Morgan fingerprint density at radius 3 is 2.63 bits per heavy atom. The Morgan fingerprint density at radius 2 is 1.96 bits per heavy atom. The van der Waals surface area contributed by atoms with Crippen LogP contribution in [0, 0.1) is 6.92 Å². The van der Waals surface area contributed by atoms with Crippen LogP contribution in [0.25, 0.3) is 6.08 Å². The van der Waals surface area contributed by atoms with Crippen LogP contribution in [-0.4, -0.2) is 26.1 Å². The standard InChI is InChI=1S/C21H22BrNO4/c1-14-7-9-19(26-2)16(11-14)8-10-20(24)23-18(13-21(25)27-3)15-5-4-6-17(22)12-15/h4-12,18H,13H2,1-3H3,(H,23,24)/b10-8+. The van der Waals surface area contributed by atoms with E-state index >= 15 is 0 Å². The van der Waals surface area contributed by atoms with Gasteiger partial charge in [-0.05, 0) is 42.8 Å². The van der Waals surface area contributed by atoms with Gasteiger partial charge in [0.2, 0.25) is 5.91 Å². The number of aryl methyl sites for hydroxylation is 1. The summed E-state index contributed by atoms with van der Waals surface area (Å²) in [5.74, 6) is -0.0280. The van der Waals surface area contributed by atoms with E-state index in [9.17, 15) is 9.59 Å². The van der Waals surface area contributed by atoms with Gasteiger partial charge in [0, 0.05) is 16.1 Å². The number of amides is 1. The molecule has 2 rings (SSSR count). The van der Waals surface area contributed by atoms with Gasteiger partial charge >= 0.3 is 5.97 Å². The molecule has 1 atom stereocenters. The molecule has 142 valence electrons. The summed E-state index contributed by atoms with van der Waals surface area (Å²) in [5.41, 5.74) is 2.68. The summed E-state index contributed by atoms with van der Waals surface area (Å²) in [6, 6.07) is 12.7. The van der Waals surface area contributed by atoms with Gasteiger partial charge in [-0.1, -0.05) is 39.7 Å². The zero-order valence-corrected chi connectivity index (χ0v) is 17.1. The van der Waals surface area contributed by atoms with E-state index in [-0.39, 0.29) is 12.3 Å². The molecular weight excluding hydrogens is 410 g/mol. The fourth-order valence-corrected chi connectivity index (χ4v) is 3.01. The third-order valence-electron chi connectivity index (χ3n) is 3.97. The first-order chi connectivity index (χ1) is 12.9. The van der Waals surface area contributed by atoms with Gasteiger partial charge in [0.25, 0.3) is 0 Å². The largest absolute Gasteiger partial charge is 0.496 e. The van der Waals surface area contributed by atoms with E-state index in [1.807, 2.05) is 49.4 Å². The Kier molecular flexibility index (Phi) is 7.61. The second kappa shape index (κ2) is 9.92. The molecule has 0 aliphatic heterocycles. The molecule has 0 aromatic heterocycles. The third-order valence-corrected chi connectivity index (χ3v) is 4.46. The van der Waals surface area contributed by atoms with E-state index < -0.39 is 12.0 Å². The van der Waals surface area contributed by atoms with Crippen LogP contribution >= 0.6 is 15.9 Å². The normalized spacial score (nSPS) is 11.9. The highest BCUT2D eigenvalue weighted by atomic mass is 79.9. The number of nitrogens with one attached hydrogen (secondary N) is 1. The van der Waals surface area contributed by atoms with Crippen LogP contribution in [0.1, 0.15) is 29.2 Å². The molecule has 0 saturated carbocycles. The number of methoxy groups -OCH3 is 2. The van der Waals surface area contributed by atoms with Crippen LogP contribution in [0.5, 0.6) is 5.75 Å². The van der Waals surface area contributed by atoms with E-state index in [0.717, 1.165) is 21.2 Å². The molecule has 0 spiro atoms. The predicted molar refractivity (Wildman–Crippen MR) is 108 cm³/mol. The van der Waals surface area contributed by atoms with Gasteiger partial charge < -0.3 is 14.8 Å². The van der Waals surface area contributed by atoms with Crippen molar-refractivity contribution in [3.8, 4) is 5.75 Å². The first kappa shape index (κ1) is 20.7. The number of hydrogen-bond donors (Lipinski definition) is 1. The molecule has 1 N–H and O–H groups in total. The number of carbonyl (C=O) groups is 2. The number of benzene rings is 2. The zero-order valence-electron chi connectivity index (χ0n) is 15.5. The molecule has 0 radical (unpaired) electrons. The quantitative estimate of drug-likeness (QED) is 0.526. The van der Waals surface area contributed by atoms with E-state index in [4.69, 9.17) is 9.47 Å². The minimum Gasteiger partial charge on any atom is -0.496 e. The Hall–Kier alpha value is -2.60. The van der Waals surface area contributed by atoms with Gasteiger partial charge in [0.1, 0.15) is 5.75 Å². The first-order valence-electron chi connectivity index (χ1n) is 8.38. The number of esters is 1. The number of carbonyl (C=O) groups excluding carboxylic acids is 2. The average molecular weight is 432 g/mol. The van der Waals surface area contributed by atoms with Crippen LogP contribution < -0.4 is 10.1 Å². The molecular formula is C21H22BrNO4. The fourth-order valence-electron chi connectivity index (χ4n) is 2.59. The second-order valence-electron chi connectivity index (χ2n) is 5.98. The van der Waals surface area contributed by atoms with Gasteiger partial charge in [-0.15, -0.1) is 0 Å². The monoisotopic (exact) mass is 431 g/mol. The van der Waals surface area contributed by atoms with Crippen molar-refractivity contribution >= 4 is 33.9 Å². The average Bonchev–Trinajstić information content (AvgIpc) is 2.65. The van der Waals surface area contributed by atoms with Crippen molar-refractivity contribution < 1.29 is 19.1 Å². The van der Waals surface area contributed by atoms with E-state index in [1.54, 1.807) is 13.2 Å². The summed E-state index contributed by atoms with van der Waals surface area (Å²) >= 11 is 3.41. The maximum atomic E-state index is 12.4. The number of rotatable bonds is 7. The number of hydrogen-bond acceptors (Lipinski definition) is 4. The van der Waals surface area contributed by atoms with Gasteiger partial charge in [0.15, 0.2) is 0 Å². The molecule has 0 aliphatic rings. The first-order valence-corrected chi connectivity index (χ1v) is 9.17. The predicted octanol–water partition coefficient (Wildman–Crippen LogP) is 4.20. The molecule has 0 fully saturated rings. The highest BCUT2D eigenvalue weighted by molar-refractivity contribution is 9.10. The summed E-state index contributed by atoms with van der Waals surface area (Å²) in [7, 11) is 2.91. The molecule has 0 bridgehead atoms. The Balaban J connectivity index is 2.18. The van der Waals surface area contributed by atoms with Crippen LogP contribution in [0.4, 0.5) is 0 Å². The van der Waals surface area contributed by atoms with Gasteiger partial charge in [-0.25, -0.2) is 0 Å². The summed E-state index contributed by atoms with van der Waals surface area (Å²) in [5, 5.41) is 2.86. The fraction of sp³-hybridized carbons (Fsp3) is 0.238. The summed E-state index contributed by atoms with van der Waals surface area (Å²) in [4.78, 5) is 24.2. The highest BCUT2D eigenvalue weighted by Gasteiger charge is 2.18. The van der Waals surface area contributed by atoms with Crippen LogP contribution in [0.2, 0.25) is 0 Å². The Morgan fingerprint density at radius 1 is 1.19 bits per heavy atom. The summed E-state index contributed by atoms with van der Waals surface area (Å²) in [6.07, 6.45) is 3.16. The van der Waals surface area contributed by atoms with Gasteiger partial charge in [-0.2, -0.15) is 0 Å². The topological polar surface area (TPSA) is 64.6 Å². The van der Waals surface area contributed by atoms with Crippen LogP contribution in [0.15, 0.2) is 53.0 Å². The second-order valence-corrected chi connectivity index (χ2v) is 6.89. The SMILES string of the molecule is COC(=O)CC(NC(=O)/C=C/c1cc(C)ccc1OC)c1cccc(Br)c1. The summed E-state index contributed by atoms with van der Waals surface area (Å²) < 4.78 is 10.9. The molecule has 1 amide bonds. The molecule has 1 unspecified atom stereocenters. The lowest BCUT2D eigenvalue weighted by Gasteiger charge is -2.17. The van der Waals surface area contributed by atoms with Crippen molar-refractivity contribution in [3.63, 3.8) is 0 Å². The van der Waals surface area contributed by atoms with Crippen molar-refractivity contribution in [2.75, 3.05) is 14.2 Å². The molecule has 27 heavy (non-hydrogen) atoms. The number of halogens is 1. The zero-order chi connectivity index (χ0) is 19.8. The van der Waals surface area contributed by atoms with E-state index in [2.05, 4.69) is 21.2 Å². The van der Waals surface area contributed by atoms with E-state index in [1.165, 1.54) is 13.2 Å². The van der Waals surface area contributed by atoms with Gasteiger partial charge in [0.05, 0.1) is 26.7 Å². The van der Waals surface area contributed by atoms with Crippen LogP contribution in [0.3, 0.4) is 0 Å². The maximum Gasteiger partial charge on any atom is 0.307 e. The van der Waals surface area contributed by atoms with Crippen molar-refractivity contribution in [1.29, 1.82) is 0 Å². The molecule has 0 aliphatic carbocycles. The maximum absolute atomic E-state index is 12.4. The Bertz CT molecular complexity index is 848. The lowest BCUT2D eigenvalue weighted by molar-refractivity contribution is -0.141. The highest BCUT2D eigenvalue weighted by Crippen LogP contribution is 2.23. The Labute approximate surface area is 167 Å².